The van der Waals surface area contributed by atoms with Gasteiger partial charge < -0.3 is 14.8 Å². The summed E-state index contributed by atoms with van der Waals surface area (Å²) in [6.45, 7) is 0. The number of benzene rings is 2. The van der Waals surface area contributed by atoms with Crippen molar-refractivity contribution in [2.75, 3.05) is 19.5 Å². The van der Waals surface area contributed by atoms with Gasteiger partial charge in [0.2, 0.25) is 0 Å². The minimum atomic E-state index is -2.65. The third kappa shape index (κ3) is 4.30. The highest BCUT2D eigenvalue weighted by atomic mass is 35.5. The molecule has 0 aliphatic carbocycles. The maximum absolute atomic E-state index is 12.7. The van der Waals surface area contributed by atoms with Crippen molar-refractivity contribution in [3.8, 4) is 11.5 Å². The molecule has 1 N–H and O–H groups in total. The quantitative estimate of drug-likeness (QED) is 0.730. The number of carbonyl (C=O) groups excluding carboxylic acids is 1. The molecule has 0 fully saturated rings. The molecule has 2 rings (SSSR count). The van der Waals surface area contributed by atoms with E-state index in [1.807, 2.05) is 0 Å². The lowest BCUT2D eigenvalue weighted by molar-refractivity contribution is 0.102. The molecule has 0 heterocycles. The van der Waals surface area contributed by atoms with Crippen LogP contribution in [0.15, 0.2) is 41.3 Å². The van der Waals surface area contributed by atoms with Crippen LogP contribution in [0.4, 0.5) is 14.5 Å². The van der Waals surface area contributed by atoms with Crippen LogP contribution < -0.4 is 14.8 Å². The van der Waals surface area contributed by atoms with E-state index in [0.717, 1.165) is 0 Å². The van der Waals surface area contributed by atoms with Gasteiger partial charge in [0.15, 0.2) is 11.5 Å². The van der Waals surface area contributed by atoms with Gasteiger partial charge in [-0.25, -0.2) is 0 Å². The Bertz CT molecular complexity index is 743. The predicted molar refractivity (Wildman–Crippen MR) is 90.8 cm³/mol. The monoisotopic (exact) mass is 373 g/mol. The van der Waals surface area contributed by atoms with Crippen LogP contribution >= 0.6 is 23.4 Å². The van der Waals surface area contributed by atoms with Gasteiger partial charge in [0.1, 0.15) is 0 Å². The van der Waals surface area contributed by atoms with E-state index in [2.05, 4.69) is 5.32 Å². The van der Waals surface area contributed by atoms with Gasteiger partial charge in [-0.05, 0) is 30.3 Å². The second-order valence-corrected chi connectivity index (χ2v) is 5.93. The molecule has 0 spiro atoms. The van der Waals surface area contributed by atoms with Crippen LogP contribution in [0.1, 0.15) is 10.4 Å². The first kappa shape index (κ1) is 18.4. The van der Waals surface area contributed by atoms with Crippen LogP contribution in [-0.2, 0) is 0 Å². The Morgan fingerprint density at radius 3 is 2.50 bits per heavy atom. The van der Waals surface area contributed by atoms with E-state index in [-0.39, 0.29) is 27.4 Å². The standard InChI is InChI=1S/C16H14ClF2NO3S/c1-22-12-7-6-9(8-13(12)23-2)15(21)20-11-5-3-4-10(17)14(11)24-16(18)19/h3-8,16H,1-2H3,(H,20,21). The van der Waals surface area contributed by atoms with E-state index in [1.165, 1.54) is 32.4 Å². The second-order valence-electron chi connectivity index (χ2n) is 4.52. The Morgan fingerprint density at radius 2 is 1.88 bits per heavy atom. The number of rotatable bonds is 6. The number of alkyl halides is 2. The number of halogens is 3. The largest absolute Gasteiger partial charge is 0.493 e. The van der Waals surface area contributed by atoms with Crippen molar-refractivity contribution >= 4 is 35.0 Å². The van der Waals surface area contributed by atoms with Crippen LogP contribution in [0, 0.1) is 0 Å². The molecular weight excluding hydrogens is 360 g/mol. The lowest BCUT2D eigenvalue weighted by Crippen LogP contribution is -2.13. The Kier molecular flexibility index (Phi) is 6.28. The summed E-state index contributed by atoms with van der Waals surface area (Å²) in [5.41, 5.74) is 0.508. The Morgan fingerprint density at radius 1 is 1.17 bits per heavy atom. The van der Waals surface area contributed by atoms with Gasteiger partial charge in [-0.1, -0.05) is 29.4 Å². The summed E-state index contributed by atoms with van der Waals surface area (Å²) in [5, 5.41) is 2.73. The zero-order chi connectivity index (χ0) is 17.7. The number of anilines is 1. The fourth-order valence-corrected chi connectivity index (χ4v) is 2.90. The zero-order valence-corrected chi connectivity index (χ0v) is 14.4. The van der Waals surface area contributed by atoms with E-state index in [9.17, 15) is 13.6 Å². The summed E-state index contributed by atoms with van der Waals surface area (Å²) in [6.07, 6.45) is 0. The van der Waals surface area contributed by atoms with E-state index >= 15 is 0 Å². The summed E-state index contributed by atoms with van der Waals surface area (Å²) >= 11 is 6.23. The number of ether oxygens (including phenoxy) is 2. The van der Waals surface area contributed by atoms with Gasteiger partial charge >= 0.3 is 0 Å². The summed E-state index contributed by atoms with van der Waals surface area (Å²) in [4.78, 5) is 12.5. The minimum Gasteiger partial charge on any atom is -0.493 e. The minimum absolute atomic E-state index is 0.114. The number of nitrogens with one attached hydrogen (secondary N) is 1. The van der Waals surface area contributed by atoms with Crippen LogP contribution in [0.5, 0.6) is 11.5 Å². The van der Waals surface area contributed by atoms with E-state index < -0.39 is 11.7 Å². The van der Waals surface area contributed by atoms with Gasteiger partial charge in [0.25, 0.3) is 11.7 Å². The van der Waals surface area contributed by atoms with Gasteiger partial charge in [0.05, 0.1) is 29.8 Å². The molecule has 0 aliphatic rings. The van der Waals surface area contributed by atoms with Gasteiger partial charge in [-0.3, -0.25) is 4.79 Å². The number of carbonyl (C=O) groups is 1. The average Bonchev–Trinajstić information content (AvgIpc) is 2.56. The van der Waals surface area contributed by atoms with Crippen molar-refractivity contribution in [1.29, 1.82) is 0 Å². The van der Waals surface area contributed by atoms with Crippen LogP contribution in [0.25, 0.3) is 0 Å². The highest BCUT2D eigenvalue weighted by Crippen LogP contribution is 2.38. The number of amides is 1. The normalized spacial score (nSPS) is 10.6. The first-order valence-corrected chi connectivity index (χ1v) is 7.98. The van der Waals surface area contributed by atoms with Crippen molar-refractivity contribution in [3.05, 3.63) is 47.0 Å². The summed E-state index contributed by atoms with van der Waals surface area (Å²) < 4.78 is 35.6. The molecule has 0 atom stereocenters. The Balaban J connectivity index is 2.29. The van der Waals surface area contributed by atoms with Crippen LogP contribution in [0.2, 0.25) is 5.02 Å². The molecule has 0 bridgehead atoms. The number of hydrogen-bond donors (Lipinski definition) is 1. The molecule has 0 aliphatic heterocycles. The summed E-state index contributed by atoms with van der Waals surface area (Å²) in [5.74, 6) is -2.26. The van der Waals surface area contributed by atoms with Crippen molar-refractivity contribution < 1.29 is 23.0 Å². The maximum atomic E-state index is 12.7. The fraction of sp³-hybridized carbons (Fsp3) is 0.188. The molecule has 1 amide bonds. The fourth-order valence-electron chi connectivity index (χ4n) is 1.99. The second kappa shape index (κ2) is 8.21. The molecule has 0 unspecified atom stereocenters. The summed E-state index contributed by atoms with van der Waals surface area (Å²) in [6, 6.07) is 9.19. The molecular formula is C16H14ClF2NO3S. The molecule has 0 aromatic heterocycles. The van der Waals surface area contributed by atoms with Gasteiger partial charge in [0, 0.05) is 5.56 Å². The first-order valence-electron chi connectivity index (χ1n) is 6.73. The third-order valence-electron chi connectivity index (χ3n) is 3.07. The Labute approximate surface area is 147 Å². The van der Waals surface area contributed by atoms with Crippen molar-refractivity contribution in [1.82, 2.24) is 0 Å². The predicted octanol–water partition coefficient (Wildman–Crippen LogP) is 4.92. The molecule has 8 heteroatoms. The van der Waals surface area contributed by atoms with Gasteiger partial charge in [-0.2, -0.15) is 8.78 Å². The number of thioether (sulfide) groups is 1. The molecule has 128 valence electrons. The highest BCUT2D eigenvalue weighted by Gasteiger charge is 2.17. The summed E-state index contributed by atoms with van der Waals surface area (Å²) in [7, 11) is 2.94. The van der Waals surface area contributed by atoms with Crippen molar-refractivity contribution in [3.63, 3.8) is 0 Å². The van der Waals surface area contributed by atoms with Gasteiger partial charge in [-0.15, -0.1) is 0 Å². The van der Waals surface area contributed by atoms with E-state index in [1.54, 1.807) is 18.2 Å². The maximum Gasteiger partial charge on any atom is 0.289 e. The molecule has 2 aromatic rings. The molecule has 0 saturated carbocycles. The first-order chi connectivity index (χ1) is 11.5. The SMILES string of the molecule is COc1ccc(C(=O)Nc2cccc(Cl)c2SC(F)F)cc1OC. The topological polar surface area (TPSA) is 47.6 Å². The lowest BCUT2D eigenvalue weighted by Gasteiger charge is -2.13. The molecule has 0 radical (unpaired) electrons. The number of hydrogen-bond acceptors (Lipinski definition) is 4. The molecule has 24 heavy (non-hydrogen) atoms. The molecule has 4 nitrogen and oxygen atoms in total. The average molecular weight is 374 g/mol. The molecule has 2 aromatic carbocycles. The van der Waals surface area contributed by atoms with Crippen molar-refractivity contribution in [2.24, 2.45) is 0 Å². The number of methoxy groups -OCH3 is 2. The zero-order valence-electron chi connectivity index (χ0n) is 12.8. The van der Waals surface area contributed by atoms with Crippen LogP contribution in [0.3, 0.4) is 0 Å². The highest BCUT2D eigenvalue weighted by molar-refractivity contribution is 7.99. The lowest BCUT2D eigenvalue weighted by atomic mass is 10.2. The molecule has 0 saturated heterocycles. The van der Waals surface area contributed by atoms with E-state index in [4.69, 9.17) is 21.1 Å². The van der Waals surface area contributed by atoms with Crippen molar-refractivity contribution in [2.45, 2.75) is 10.7 Å². The smallest absolute Gasteiger partial charge is 0.289 e. The third-order valence-corrected chi connectivity index (χ3v) is 4.35. The Hall–Kier alpha value is -1.99. The van der Waals surface area contributed by atoms with E-state index in [0.29, 0.717) is 17.1 Å². The van der Waals surface area contributed by atoms with Crippen LogP contribution in [-0.4, -0.2) is 25.9 Å².